The van der Waals surface area contributed by atoms with Crippen molar-refractivity contribution in [3.05, 3.63) is 47.7 Å². The minimum atomic E-state index is -0.455. The number of hydrogen-bond donors (Lipinski definition) is 2. The van der Waals surface area contributed by atoms with Crippen LogP contribution >= 0.6 is 0 Å². The van der Waals surface area contributed by atoms with Crippen molar-refractivity contribution in [3.63, 3.8) is 0 Å². The Hall–Kier alpha value is -2.67. The highest BCUT2D eigenvalue weighted by molar-refractivity contribution is 5.91. The summed E-state index contributed by atoms with van der Waals surface area (Å²) in [5, 5.41) is 6.56. The van der Waals surface area contributed by atoms with Crippen LogP contribution in [0.5, 0.6) is 0 Å². The summed E-state index contributed by atoms with van der Waals surface area (Å²) in [4.78, 5) is 26.3. The molecule has 0 spiro atoms. The zero-order valence-electron chi connectivity index (χ0n) is 14.1. The van der Waals surface area contributed by atoms with Crippen LogP contribution in [0.4, 0.5) is 5.82 Å². The van der Waals surface area contributed by atoms with Crippen LogP contribution in [0.15, 0.2) is 40.9 Å². The summed E-state index contributed by atoms with van der Waals surface area (Å²) in [6.07, 6.45) is 1.33. The number of piperidine rings is 1. The van der Waals surface area contributed by atoms with Gasteiger partial charge in [-0.25, -0.2) is 0 Å². The minimum absolute atomic E-state index is 0.0664. The Morgan fingerprint density at radius 3 is 2.52 bits per heavy atom. The van der Waals surface area contributed by atoms with Gasteiger partial charge in [0.05, 0.1) is 0 Å². The Labute approximate surface area is 146 Å². The second-order valence-corrected chi connectivity index (χ2v) is 6.34. The molecule has 25 heavy (non-hydrogen) atoms. The number of nitrogens with two attached hydrogens (primary N) is 1. The van der Waals surface area contributed by atoms with Gasteiger partial charge >= 0.3 is 0 Å². The molecule has 1 atom stereocenters. The van der Waals surface area contributed by atoms with Crippen LogP contribution in [0.2, 0.25) is 0 Å². The lowest BCUT2D eigenvalue weighted by Gasteiger charge is -2.35. The van der Waals surface area contributed by atoms with Crippen molar-refractivity contribution in [2.24, 2.45) is 11.7 Å². The number of anilines is 1. The first kappa shape index (κ1) is 17.2. The van der Waals surface area contributed by atoms with Crippen LogP contribution < -0.4 is 11.1 Å². The molecule has 1 saturated heterocycles. The van der Waals surface area contributed by atoms with Crippen molar-refractivity contribution in [2.75, 3.05) is 18.4 Å². The molecule has 1 aromatic carbocycles. The molecule has 3 rings (SSSR count). The van der Waals surface area contributed by atoms with Gasteiger partial charge in [0, 0.05) is 12.0 Å². The van der Waals surface area contributed by atoms with E-state index in [1.54, 1.807) is 13.0 Å². The maximum Gasteiger partial charge on any atom is 0.239 e. The van der Waals surface area contributed by atoms with Gasteiger partial charge in [-0.05, 0) is 38.4 Å². The molecule has 0 bridgehead atoms. The number of primary amides is 1. The predicted octanol–water partition coefficient (Wildman–Crippen LogP) is 1.86. The average molecular weight is 342 g/mol. The van der Waals surface area contributed by atoms with Crippen LogP contribution in [-0.2, 0) is 9.59 Å². The zero-order chi connectivity index (χ0) is 17.8. The van der Waals surface area contributed by atoms with E-state index in [-0.39, 0.29) is 17.7 Å². The van der Waals surface area contributed by atoms with Gasteiger partial charge in [0.1, 0.15) is 11.8 Å². The SMILES string of the molecule is Cc1cc(NC(=O)C2CCN([C@@H](C(N)=O)c3ccccc3)CC2)no1. The van der Waals surface area contributed by atoms with E-state index in [2.05, 4.69) is 10.5 Å². The third-order valence-electron chi connectivity index (χ3n) is 4.53. The zero-order valence-corrected chi connectivity index (χ0v) is 14.1. The summed E-state index contributed by atoms with van der Waals surface area (Å²) in [7, 11) is 0. The van der Waals surface area contributed by atoms with Gasteiger partial charge in [-0.1, -0.05) is 35.5 Å². The maximum absolute atomic E-state index is 12.4. The van der Waals surface area contributed by atoms with Gasteiger partial charge < -0.3 is 15.6 Å². The van der Waals surface area contributed by atoms with Crippen LogP contribution in [0.25, 0.3) is 0 Å². The number of nitrogens with zero attached hydrogens (tertiary/aromatic N) is 2. The Bertz CT molecular complexity index is 736. The number of carbonyl (C=O) groups excluding carboxylic acids is 2. The molecule has 0 saturated carbocycles. The quantitative estimate of drug-likeness (QED) is 0.863. The Kier molecular flexibility index (Phi) is 5.14. The first-order valence-electron chi connectivity index (χ1n) is 8.37. The number of aromatic nitrogens is 1. The van der Waals surface area contributed by atoms with Crippen molar-refractivity contribution in [2.45, 2.75) is 25.8 Å². The topological polar surface area (TPSA) is 101 Å². The van der Waals surface area contributed by atoms with Gasteiger partial charge in [0.15, 0.2) is 5.82 Å². The lowest BCUT2D eigenvalue weighted by molar-refractivity contribution is -0.125. The van der Waals surface area contributed by atoms with Gasteiger partial charge in [0.2, 0.25) is 11.8 Å². The van der Waals surface area contributed by atoms with Crippen LogP contribution in [0.1, 0.15) is 30.2 Å². The number of rotatable bonds is 5. The van der Waals surface area contributed by atoms with Crippen LogP contribution in [0, 0.1) is 12.8 Å². The molecule has 2 aromatic rings. The Balaban J connectivity index is 1.60. The van der Waals surface area contributed by atoms with E-state index >= 15 is 0 Å². The van der Waals surface area contributed by atoms with E-state index in [1.165, 1.54) is 0 Å². The summed E-state index contributed by atoms with van der Waals surface area (Å²) >= 11 is 0. The van der Waals surface area contributed by atoms with Crippen LogP contribution in [0.3, 0.4) is 0 Å². The highest BCUT2D eigenvalue weighted by Gasteiger charge is 2.32. The van der Waals surface area contributed by atoms with E-state index in [0.717, 1.165) is 5.56 Å². The van der Waals surface area contributed by atoms with E-state index in [1.807, 2.05) is 35.2 Å². The van der Waals surface area contributed by atoms with E-state index in [0.29, 0.717) is 37.5 Å². The number of nitrogens with one attached hydrogen (secondary N) is 1. The predicted molar refractivity (Wildman–Crippen MR) is 92.5 cm³/mol. The summed E-state index contributed by atoms with van der Waals surface area (Å²) < 4.78 is 4.95. The highest BCUT2D eigenvalue weighted by atomic mass is 16.5. The number of benzene rings is 1. The molecule has 2 amide bonds. The number of carbonyl (C=O) groups is 2. The van der Waals surface area contributed by atoms with E-state index in [9.17, 15) is 9.59 Å². The summed E-state index contributed by atoms with van der Waals surface area (Å²) in [6, 6.07) is 10.7. The number of hydrogen-bond acceptors (Lipinski definition) is 5. The summed E-state index contributed by atoms with van der Waals surface area (Å²) in [5.41, 5.74) is 6.51. The molecule has 1 aliphatic heterocycles. The lowest BCUT2D eigenvalue weighted by Crippen LogP contribution is -2.44. The molecule has 3 N–H and O–H groups in total. The molecular weight excluding hydrogens is 320 g/mol. The molecule has 0 aliphatic carbocycles. The second-order valence-electron chi connectivity index (χ2n) is 6.34. The second kappa shape index (κ2) is 7.48. The molecule has 0 unspecified atom stereocenters. The van der Waals surface area contributed by atoms with Gasteiger partial charge in [-0.15, -0.1) is 0 Å². The van der Waals surface area contributed by atoms with Crippen LogP contribution in [-0.4, -0.2) is 35.0 Å². The third-order valence-corrected chi connectivity index (χ3v) is 4.53. The standard InChI is InChI=1S/C18H22N4O3/c1-12-11-15(21-25-12)20-18(24)14-7-9-22(10-8-14)16(17(19)23)13-5-3-2-4-6-13/h2-6,11,14,16H,7-10H2,1H3,(H2,19,23)(H,20,21,24)/t16-/m1/s1. The highest BCUT2D eigenvalue weighted by Crippen LogP contribution is 2.27. The maximum atomic E-state index is 12.4. The molecule has 1 fully saturated rings. The van der Waals surface area contributed by atoms with Crippen molar-refractivity contribution in [1.82, 2.24) is 10.1 Å². The molecule has 1 aromatic heterocycles. The lowest BCUT2D eigenvalue weighted by atomic mass is 9.93. The van der Waals surface area contributed by atoms with Gasteiger partial charge in [-0.2, -0.15) is 0 Å². The first-order chi connectivity index (χ1) is 12.0. The molecule has 0 radical (unpaired) electrons. The summed E-state index contributed by atoms with van der Waals surface area (Å²) in [5.74, 6) is 0.537. The molecular formula is C18H22N4O3. The number of aryl methyl sites for hydroxylation is 1. The van der Waals surface area contributed by atoms with Crippen molar-refractivity contribution >= 4 is 17.6 Å². The first-order valence-corrected chi connectivity index (χ1v) is 8.37. The third kappa shape index (κ3) is 4.06. The fraction of sp³-hybridized carbons (Fsp3) is 0.389. The van der Waals surface area contributed by atoms with Gasteiger partial charge in [0.25, 0.3) is 0 Å². The van der Waals surface area contributed by atoms with E-state index < -0.39 is 6.04 Å². The van der Waals surface area contributed by atoms with Crippen molar-refractivity contribution in [3.8, 4) is 0 Å². The monoisotopic (exact) mass is 342 g/mol. The fourth-order valence-corrected chi connectivity index (χ4v) is 3.26. The minimum Gasteiger partial charge on any atom is -0.368 e. The van der Waals surface area contributed by atoms with E-state index in [4.69, 9.17) is 10.3 Å². The van der Waals surface area contributed by atoms with Crippen molar-refractivity contribution in [1.29, 1.82) is 0 Å². The largest absolute Gasteiger partial charge is 0.368 e. The van der Waals surface area contributed by atoms with Gasteiger partial charge in [-0.3, -0.25) is 14.5 Å². The number of amides is 2. The molecule has 1 aliphatic rings. The average Bonchev–Trinajstić information content (AvgIpc) is 3.01. The fourth-order valence-electron chi connectivity index (χ4n) is 3.26. The molecule has 2 heterocycles. The molecule has 7 nitrogen and oxygen atoms in total. The normalized spacial score (nSPS) is 17.2. The Morgan fingerprint density at radius 1 is 1.28 bits per heavy atom. The smallest absolute Gasteiger partial charge is 0.239 e. The molecule has 7 heteroatoms. The number of likely N-dealkylation sites (tertiary alicyclic amines) is 1. The van der Waals surface area contributed by atoms with Crippen molar-refractivity contribution < 1.29 is 14.1 Å². The summed E-state index contributed by atoms with van der Waals surface area (Å²) in [6.45, 7) is 3.05. The Morgan fingerprint density at radius 2 is 1.96 bits per heavy atom. The molecule has 132 valence electrons.